The van der Waals surface area contributed by atoms with Gasteiger partial charge in [-0.15, -0.1) is 11.3 Å². The number of alkyl halides is 3. The standard InChI is InChI=1S/C18H22F3N5O3S2/c1-29-12-9-22-17(23-11-5-7-26(8-6-11)31(2,27)28)24-13(12)14-15(18(19,20)21)25-16(30-14)10-3-4-10/h9-11H,3-8H2,1-2H3,(H,22,23,24). The van der Waals surface area contributed by atoms with Crippen molar-refractivity contribution in [2.24, 2.45) is 0 Å². The van der Waals surface area contributed by atoms with Crippen molar-refractivity contribution >= 4 is 27.3 Å². The first-order chi connectivity index (χ1) is 14.6. The molecule has 1 saturated carbocycles. The van der Waals surface area contributed by atoms with Gasteiger partial charge in [0.1, 0.15) is 5.69 Å². The summed E-state index contributed by atoms with van der Waals surface area (Å²) in [4.78, 5) is 12.3. The number of nitrogens with zero attached hydrogens (tertiary/aromatic N) is 4. The molecule has 1 aliphatic carbocycles. The molecule has 2 aromatic rings. The summed E-state index contributed by atoms with van der Waals surface area (Å²) in [5.74, 6) is 0.377. The number of ether oxygens (including phenoxy) is 1. The third-order valence-corrected chi connectivity index (χ3v) is 7.81. The average molecular weight is 478 g/mol. The molecule has 1 N–H and O–H groups in total. The molecule has 8 nitrogen and oxygen atoms in total. The SMILES string of the molecule is COc1cnc(NC2CCN(S(C)(=O)=O)CC2)nc1-c1sc(C2CC2)nc1C(F)(F)F. The molecule has 0 radical (unpaired) electrons. The molecule has 4 rings (SSSR count). The topological polar surface area (TPSA) is 97.3 Å². The van der Waals surface area contributed by atoms with Crippen molar-refractivity contribution in [1.29, 1.82) is 0 Å². The van der Waals surface area contributed by atoms with Crippen LogP contribution < -0.4 is 10.1 Å². The van der Waals surface area contributed by atoms with Gasteiger partial charge in [-0.1, -0.05) is 0 Å². The molecule has 31 heavy (non-hydrogen) atoms. The summed E-state index contributed by atoms with van der Waals surface area (Å²) in [5.41, 5.74) is -0.908. The number of piperidine rings is 1. The first-order valence-electron chi connectivity index (χ1n) is 9.77. The van der Waals surface area contributed by atoms with Gasteiger partial charge in [-0.3, -0.25) is 0 Å². The normalized spacial score (nSPS) is 18.9. The van der Waals surface area contributed by atoms with Crippen molar-refractivity contribution in [3.8, 4) is 16.3 Å². The van der Waals surface area contributed by atoms with E-state index in [0.29, 0.717) is 30.9 Å². The monoisotopic (exact) mass is 477 g/mol. The Morgan fingerprint density at radius 2 is 1.87 bits per heavy atom. The highest BCUT2D eigenvalue weighted by molar-refractivity contribution is 7.88. The van der Waals surface area contributed by atoms with Crippen molar-refractivity contribution in [3.05, 3.63) is 16.9 Å². The Balaban J connectivity index is 1.61. The fraction of sp³-hybridized carbons (Fsp3) is 0.611. The van der Waals surface area contributed by atoms with Crippen LogP contribution in [0.2, 0.25) is 0 Å². The lowest BCUT2D eigenvalue weighted by molar-refractivity contribution is -0.140. The quantitative estimate of drug-likeness (QED) is 0.682. The van der Waals surface area contributed by atoms with Gasteiger partial charge in [0.2, 0.25) is 16.0 Å². The minimum atomic E-state index is -4.61. The lowest BCUT2D eigenvalue weighted by Gasteiger charge is -2.30. The van der Waals surface area contributed by atoms with Crippen molar-refractivity contribution < 1.29 is 26.3 Å². The zero-order valence-corrected chi connectivity index (χ0v) is 18.6. The molecule has 13 heteroatoms. The van der Waals surface area contributed by atoms with E-state index in [0.717, 1.165) is 24.2 Å². The van der Waals surface area contributed by atoms with Crippen LogP contribution in [0.1, 0.15) is 42.3 Å². The second-order valence-electron chi connectivity index (χ2n) is 7.69. The second-order valence-corrected chi connectivity index (χ2v) is 10.7. The number of halogens is 3. The highest BCUT2D eigenvalue weighted by atomic mass is 32.2. The van der Waals surface area contributed by atoms with Crippen molar-refractivity contribution in [2.45, 2.75) is 43.8 Å². The molecule has 0 amide bonds. The van der Waals surface area contributed by atoms with E-state index in [-0.39, 0.29) is 34.2 Å². The third-order valence-electron chi connectivity index (χ3n) is 5.29. The van der Waals surface area contributed by atoms with Gasteiger partial charge in [-0.2, -0.15) is 13.2 Å². The maximum atomic E-state index is 13.7. The molecule has 3 heterocycles. The Hall–Kier alpha value is -1.99. The second kappa shape index (κ2) is 8.17. The number of methoxy groups -OCH3 is 1. The highest BCUT2D eigenvalue weighted by Gasteiger charge is 2.41. The van der Waals surface area contributed by atoms with E-state index in [1.165, 1.54) is 23.9 Å². The van der Waals surface area contributed by atoms with Gasteiger partial charge in [0.05, 0.1) is 29.4 Å². The van der Waals surface area contributed by atoms with Crippen LogP contribution in [0.4, 0.5) is 19.1 Å². The smallest absolute Gasteiger partial charge is 0.434 e. The Morgan fingerprint density at radius 3 is 2.42 bits per heavy atom. The van der Waals surface area contributed by atoms with Gasteiger partial charge in [-0.25, -0.2) is 27.7 Å². The maximum absolute atomic E-state index is 13.7. The number of hydrogen-bond acceptors (Lipinski definition) is 8. The Bertz CT molecular complexity index is 1060. The van der Waals surface area contributed by atoms with Crippen LogP contribution in [0, 0.1) is 0 Å². The summed E-state index contributed by atoms with van der Waals surface area (Å²) in [6.45, 7) is 0.717. The van der Waals surface area contributed by atoms with E-state index in [1.807, 2.05) is 0 Å². The lowest BCUT2D eigenvalue weighted by atomic mass is 10.1. The number of nitrogens with one attached hydrogen (secondary N) is 1. The van der Waals surface area contributed by atoms with E-state index >= 15 is 0 Å². The molecule has 2 aliphatic rings. The molecule has 1 saturated heterocycles. The molecular formula is C18H22F3N5O3S2. The number of sulfonamides is 1. The van der Waals surface area contributed by atoms with Crippen LogP contribution >= 0.6 is 11.3 Å². The molecule has 0 bridgehead atoms. The summed E-state index contributed by atoms with van der Waals surface area (Å²) < 4.78 is 70.9. The molecule has 1 aliphatic heterocycles. The fourth-order valence-corrected chi connectivity index (χ4v) is 5.58. The van der Waals surface area contributed by atoms with Crippen LogP contribution in [-0.4, -0.2) is 60.2 Å². The summed E-state index contributed by atoms with van der Waals surface area (Å²) >= 11 is 0.995. The van der Waals surface area contributed by atoms with Crippen LogP contribution in [-0.2, 0) is 16.2 Å². The average Bonchev–Trinajstić information content (AvgIpc) is 3.45. The van der Waals surface area contributed by atoms with Crippen molar-refractivity contribution in [1.82, 2.24) is 19.3 Å². The van der Waals surface area contributed by atoms with Crippen molar-refractivity contribution in [3.63, 3.8) is 0 Å². The summed E-state index contributed by atoms with van der Waals surface area (Å²) in [7, 11) is -1.89. The first kappa shape index (κ1) is 22.2. The zero-order chi connectivity index (χ0) is 22.4. The molecular weight excluding hydrogens is 455 g/mol. The van der Waals surface area contributed by atoms with E-state index in [4.69, 9.17) is 4.74 Å². The first-order valence-corrected chi connectivity index (χ1v) is 12.4. The molecule has 170 valence electrons. The molecule has 0 atom stereocenters. The van der Waals surface area contributed by atoms with Crippen LogP contribution in [0.25, 0.3) is 10.6 Å². The Labute approximate surface area is 181 Å². The van der Waals surface area contributed by atoms with Crippen LogP contribution in [0.5, 0.6) is 5.75 Å². The summed E-state index contributed by atoms with van der Waals surface area (Å²) in [6.07, 6.45) is 0.654. The third kappa shape index (κ3) is 4.93. The summed E-state index contributed by atoms with van der Waals surface area (Å²) in [6, 6.07) is -0.0928. The molecule has 2 fully saturated rings. The maximum Gasteiger partial charge on any atom is 0.434 e. The molecule has 0 aromatic carbocycles. The van der Waals surface area contributed by atoms with Gasteiger partial charge < -0.3 is 10.1 Å². The van der Waals surface area contributed by atoms with Gasteiger partial charge in [0, 0.05) is 25.0 Å². The number of anilines is 1. The number of hydrogen-bond donors (Lipinski definition) is 1. The molecule has 2 aromatic heterocycles. The molecule has 0 spiro atoms. The highest BCUT2D eigenvalue weighted by Crippen LogP contribution is 2.49. The lowest BCUT2D eigenvalue weighted by Crippen LogP contribution is -2.42. The van der Waals surface area contributed by atoms with Gasteiger partial charge >= 0.3 is 6.18 Å². The Morgan fingerprint density at radius 1 is 1.19 bits per heavy atom. The van der Waals surface area contributed by atoms with E-state index in [9.17, 15) is 21.6 Å². The van der Waals surface area contributed by atoms with Gasteiger partial charge in [-0.05, 0) is 25.7 Å². The number of rotatable bonds is 6. The van der Waals surface area contributed by atoms with E-state index in [2.05, 4.69) is 20.3 Å². The van der Waals surface area contributed by atoms with Crippen LogP contribution in [0.15, 0.2) is 6.20 Å². The van der Waals surface area contributed by atoms with Gasteiger partial charge in [0.25, 0.3) is 0 Å². The minimum Gasteiger partial charge on any atom is -0.493 e. The largest absolute Gasteiger partial charge is 0.493 e. The van der Waals surface area contributed by atoms with Gasteiger partial charge in [0.15, 0.2) is 11.4 Å². The fourth-order valence-electron chi connectivity index (χ4n) is 3.46. The van der Waals surface area contributed by atoms with E-state index in [1.54, 1.807) is 0 Å². The van der Waals surface area contributed by atoms with E-state index < -0.39 is 21.9 Å². The summed E-state index contributed by atoms with van der Waals surface area (Å²) in [5, 5.41) is 3.58. The molecule has 0 unspecified atom stereocenters. The Kier molecular flexibility index (Phi) is 5.85. The zero-order valence-electron chi connectivity index (χ0n) is 16.9. The number of aromatic nitrogens is 3. The number of thiazole rings is 1. The van der Waals surface area contributed by atoms with Crippen LogP contribution in [0.3, 0.4) is 0 Å². The predicted molar refractivity (Wildman–Crippen MR) is 110 cm³/mol. The minimum absolute atomic E-state index is 0.0466. The van der Waals surface area contributed by atoms with Crippen molar-refractivity contribution in [2.75, 3.05) is 31.8 Å². The predicted octanol–water partition coefficient (Wildman–Crippen LogP) is 3.34.